The summed E-state index contributed by atoms with van der Waals surface area (Å²) in [6.07, 6.45) is 3.90. The van der Waals surface area contributed by atoms with Gasteiger partial charge in [0, 0.05) is 32.1 Å². The van der Waals surface area contributed by atoms with Crippen LogP contribution in [0.4, 0.5) is 0 Å². The topological polar surface area (TPSA) is 53.0 Å². The van der Waals surface area contributed by atoms with Gasteiger partial charge in [-0.1, -0.05) is 17.7 Å². The van der Waals surface area contributed by atoms with Crippen molar-refractivity contribution in [2.45, 2.75) is 57.7 Å². The van der Waals surface area contributed by atoms with Crippen LogP contribution in [0.25, 0.3) is 0 Å². The van der Waals surface area contributed by atoms with Crippen LogP contribution in [0.2, 0.25) is 0 Å². The molecule has 25 heavy (non-hydrogen) atoms. The molecule has 0 bridgehead atoms. The molecule has 1 aromatic rings. The highest BCUT2D eigenvalue weighted by Gasteiger charge is 2.39. The Hall–Kier alpha value is -1.59. The van der Waals surface area contributed by atoms with Crippen molar-refractivity contribution in [2.75, 3.05) is 26.2 Å². The zero-order chi connectivity index (χ0) is 17.8. The first kappa shape index (κ1) is 18.2. The van der Waals surface area contributed by atoms with E-state index >= 15 is 0 Å². The molecule has 0 saturated carbocycles. The Labute approximate surface area is 150 Å². The number of β-amino-alcohol motifs (C(OH)–C–C–N with tert-alkyl or cyclic N) is 1. The molecule has 3 rings (SSSR count). The quantitative estimate of drug-likeness (QED) is 0.858. The van der Waals surface area contributed by atoms with E-state index in [1.165, 1.54) is 5.56 Å². The van der Waals surface area contributed by atoms with Crippen LogP contribution < -0.4 is 4.74 Å². The van der Waals surface area contributed by atoms with Crippen LogP contribution in [0.3, 0.4) is 0 Å². The molecule has 1 aromatic carbocycles. The van der Waals surface area contributed by atoms with E-state index in [0.29, 0.717) is 25.2 Å². The van der Waals surface area contributed by atoms with Crippen molar-refractivity contribution in [1.29, 1.82) is 0 Å². The third-order valence-corrected chi connectivity index (χ3v) is 5.47. The Bertz CT molecular complexity index is 575. The number of carbonyl (C=O) groups is 1. The molecule has 0 aromatic heterocycles. The highest BCUT2D eigenvalue weighted by atomic mass is 16.5. The molecule has 1 amide bonds. The van der Waals surface area contributed by atoms with Gasteiger partial charge < -0.3 is 14.7 Å². The van der Waals surface area contributed by atoms with Crippen LogP contribution in [0, 0.1) is 6.92 Å². The number of benzene rings is 1. The highest BCUT2D eigenvalue weighted by Crippen LogP contribution is 2.30. The van der Waals surface area contributed by atoms with Gasteiger partial charge in [-0.3, -0.25) is 9.69 Å². The number of ether oxygens (including phenoxy) is 1. The number of hydrogen-bond acceptors (Lipinski definition) is 4. The van der Waals surface area contributed by atoms with Gasteiger partial charge >= 0.3 is 0 Å². The zero-order valence-corrected chi connectivity index (χ0v) is 15.4. The maximum atomic E-state index is 11.9. The Morgan fingerprint density at radius 1 is 1.20 bits per heavy atom. The van der Waals surface area contributed by atoms with Gasteiger partial charge in [0.25, 0.3) is 0 Å². The number of aryl methyl sites for hydroxylation is 1. The van der Waals surface area contributed by atoms with Crippen LogP contribution in [0.1, 0.15) is 38.2 Å². The maximum absolute atomic E-state index is 11.9. The van der Waals surface area contributed by atoms with Gasteiger partial charge in [0.1, 0.15) is 18.5 Å². The van der Waals surface area contributed by atoms with Crippen molar-refractivity contribution in [1.82, 2.24) is 9.80 Å². The normalized spacial score (nSPS) is 25.3. The Kier molecular flexibility index (Phi) is 5.97. The summed E-state index contributed by atoms with van der Waals surface area (Å²) in [5, 5.41) is 10.4. The lowest BCUT2D eigenvalue weighted by molar-refractivity contribution is -0.130. The Morgan fingerprint density at radius 3 is 2.60 bits per heavy atom. The zero-order valence-electron chi connectivity index (χ0n) is 15.4. The monoisotopic (exact) mass is 346 g/mol. The molecular weight excluding hydrogens is 316 g/mol. The second-order valence-corrected chi connectivity index (χ2v) is 7.40. The number of likely N-dealkylation sites (tertiary alicyclic amines) is 2. The molecule has 0 unspecified atom stereocenters. The number of hydrogen-bond donors (Lipinski definition) is 1. The minimum atomic E-state index is -0.519. The molecule has 2 saturated heterocycles. The predicted octanol–water partition coefficient (Wildman–Crippen LogP) is 2.21. The largest absolute Gasteiger partial charge is 0.491 e. The molecule has 0 spiro atoms. The minimum Gasteiger partial charge on any atom is -0.491 e. The lowest BCUT2D eigenvalue weighted by Gasteiger charge is -2.35. The summed E-state index contributed by atoms with van der Waals surface area (Å²) in [6.45, 7) is 6.49. The smallest absolute Gasteiger partial charge is 0.219 e. The molecule has 2 aliphatic rings. The van der Waals surface area contributed by atoms with Gasteiger partial charge in [0.15, 0.2) is 0 Å². The fraction of sp³-hybridized carbons (Fsp3) is 0.650. The minimum absolute atomic E-state index is 0.178. The van der Waals surface area contributed by atoms with E-state index in [-0.39, 0.29) is 5.91 Å². The average Bonchev–Trinajstić information content (AvgIpc) is 3.22. The van der Waals surface area contributed by atoms with Crippen molar-refractivity contribution in [3.05, 3.63) is 29.8 Å². The Morgan fingerprint density at radius 2 is 1.88 bits per heavy atom. The first-order valence-electron chi connectivity index (χ1n) is 9.43. The van der Waals surface area contributed by atoms with Gasteiger partial charge in [-0.25, -0.2) is 0 Å². The van der Waals surface area contributed by atoms with Gasteiger partial charge in [0.05, 0.1) is 0 Å². The molecule has 2 aliphatic heterocycles. The van der Waals surface area contributed by atoms with E-state index in [1.54, 1.807) is 6.92 Å². The molecule has 138 valence electrons. The van der Waals surface area contributed by atoms with Gasteiger partial charge in [-0.2, -0.15) is 0 Å². The van der Waals surface area contributed by atoms with Crippen LogP contribution in [0.15, 0.2) is 24.3 Å². The molecule has 0 radical (unpaired) electrons. The average molecular weight is 346 g/mol. The van der Waals surface area contributed by atoms with E-state index < -0.39 is 6.10 Å². The van der Waals surface area contributed by atoms with Crippen molar-refractivity contribution in [3.8, 4) is 5.75 Å². The van der Waals surface area contributed by atoms with E-state index in [9.17, 15) is 9.90 Å². The van der Waals surface area contributed by atoms with Crippen LogP contribution in [-0.2, 0) is 4.79 Å². The van der Waals surface area contributed by atoms with Gasteiger partial charge in [-0.05, 0) is 51.3 Å². The highest BCUT2D eigenvalue weighted by molar-refractivity contribution is 5.74. The lowest BCUT2D eigenvalue weighted by Crippen LogP contribution is -2.49. The van der Waals surface area contributed by atoms with Crippen molar-refractivity contribution in [3.63, 3.8) is 0 Å². The predicted molar refractivity (Wildman–Crippen MR) is 97.7 cm³/mol. The van der Waals surface area contributed by atoms with Crippen molar-refractivity contribution < 1.29 is 14.6 Å². The fourth-order valence-electron chi connectivity index (χ4n) is 4.25. The van der Waals surface area contributed by atoms with E-state index in [0.717, 1.165) is 44.5 Å². The molecule has 5 heteroatoms. The summed E-state index contributed by atoms with van der Waals surface area (Å²) >= 11 is 0. The second kappa shape index (κ2) is 8.19. The number of amides is 1. The molecule has 3 atom stereocenters. The number of rotatable bonds is 6. The van der Waals surface area contributed by atoms with Crippen LogP contribution in [-0.4, -0.2) is 65.2 Å². The first-order chi connectivity index (χ1) is 12.0. The third-order valence-electron chi connectivity index (χ3n) is 5.47. The second-order valence-electron chi connectivity index (χ2n) is 7.40. The van der Waals surface area contributed by atoms with E-state index in [4.69, 9.17) is 4.74 Å². The van der Waals surface area contributed by atoms with Crippen molar-refractivity contribution >= 4 is 5.91 Å². The van der Waals surface area contributed by atoms with Crippen LogP contribution >= 0.6 is 0 Å². The molecule has 0 aliphatic carbocycles. The standard InChI is InChI=1S/C20H30N2O3/c1-15-7-9-18(10-8-15)25-14-17(24)13-21-11-3-5-19(21)20-6-4-12-22(20)16(2)23/h7-10,17,19-20,24H,3-6,11-14H2,1-2H3/t17-,19-,20-/m1/s1. The Balaban J connectivity index is 1.52. The third kappa shape index (κ3) is 4.53. The molecule has 5 nitrogen and oxygen atoms in total. The fourth-order valence-corrected chi connectivity index (χ4v) is 4.25. The van der Waals surface area contributed by atoms with Gasteiger partial charge in [0.2, 0.25) is 5.91 Å². The van der Waals surface area contributed by atoms with Crippen LogP contribution in [0.5, 0.6) is 5.75 Å². The SMILES string of the molecule is CC(=O)N1CCC[C@@H]1[C@H]1CCCN1C[C@@H](O)COc1ccc(C)cc1. The summed E-state index contributed by atoms with van der Waals surface area (Å²) in [6, 6.07) is 8.57. The summed E-state index contributed by atoms with van der Waals surface area (Å²) < 4.78 is 5.71. The lowest BCUT2D eigenvalue weighted by atomic mass is 10.0. The molecule has 2 fully saturated rings. The molecular formula is C20H30N2O3. The number of nitrogens with zero attached hydrogens (tertiary/aromatic N) is 2. The maximum Gasteiger partial charge on any atom is 0.219 e. The molecule has 2 heterocycles. The number of aliphatic hydroxyl groups excluding tert-OH is 1. The van der Waals surface area contributed by atoms with E-state index in [1.807, 2.05) is 36.1 Å². The number of carbonyl (C=O) groups excluding carboxylic acids is 1. The summed E-state index contributed by atoms with van der Waals surface area (Å²) in [7, 11) is 0. The molecule has 1 N–H and O–H groups in total. The van der Waals surface area contributed by atoms with E-state index in [2.05, 4.69) is 4.90 Å². The first-order valence-corrected chi connectivity index (χ1v) is 9.43. The summed E-state index contributed by atoms with van der Waals surface area (Å²) in [5.41, 5.74) is 1.19. The summed E-state index contributed by atoms with van der Waals surface area (Å²) in [4.78, 5) is 16.2. The van der Waals surface area contributed by atoms with Crippen molar-refractivity contribution in [2.24, 2.45) is 0 Å². The summed E-state index contributed by atoms with van der Waals surface area (Å²) in [5.74, 6) is 0.971. The number of aliphatic hydroxyl groups is 1. The van der Waals surface area contributed by atoms with Gasteiger partial charge in [-0.15, -0.1) is 0 Å².